The van der Waals surface area contributed by atoms with Crippen molar-refractivity contribution >= 4 is 18.1 Å². The first-order chi connectivity index (χ1) is 7.69. The summed E-state index contributed by atoms with van der Waals surface area (Å²) in [5, 5.41) is 19.3. The third-order valence-electron chi connectivity index (χ3n) is 2.26. The molecule has 0 aromatic heterocycles. The monoisotopic (exact) mass is 218 g/mol. The molecule has 0 atom stereocenters. The number of ether oxygens (including phenoxy) is 1. The number of rotatable bonds is 3. The zero-order chi connectivity index (χ0) is 11.5. The summed E-state index contributed by atoms with van der Waals surface area (Å²) in [6, 6.07) is 10.9. The largest absolute Gasteiger partial charge is 0.707 e. The van der Waals surface area contributed by atoms with Gasteiger partial charge in [0.15, 0.2) is 0 Å². The molecule has 0 bridgehead atoms. The van der Waals surface area contributed by atoms with Crippen LogP contribution in [0.15, 0.2) is 36.4 Å². The first-order valence-electron chi connectivity index (χ1n) is 4.79. The molecule has 0 saturated heterocycles. The van der Waals surface area contributed by atoms with Crippen LogP contribution >= 0.6 is 0 Å². The normalized spacial score (nSPS) is 10.2. The van der Waals surface area contributed by atoms with Crippen LogP contribution in [0.25, 0.3) is 10.8 Å². The summed E-state index contributed by atoms with van der Waals surface area (Å²) in [6.07, 6.45) is 0. The summed E-state index contributed by atoms with van der Waals surface area (Å²) in [6.45, 7) is 0. The van der Waals surface area contributed by atoms with Crippen molar-refractivity contribution in [1.29, 1.82) is 0 Å². The van der Waals surface area contributed by atoms with Crippen molar-refractivity contribution in [1.82, 2.24) is 0 Å². The Labute approximate surface area is 93.2 Å². The maximum absolute atomic E-state index is 8.69. The van der Waals surface area contributed by atoms with E-state index in [2.05, 4.69) is 0 Å². The molecule has 4 nitrogen and oxygen atoms in total. The highest BCUT2D eigenvalue weighted by atomic mass is 16.6. The molecular formula is C11H11BO4. The predicted octanol–water partition coefficient (Wildman–Crippen LogP) is 1.20. The summed E-state index contributed by atoms with van der Waals surface area (Å²) in [5.41, 5.74) is 0. The van der Waals surface area contributed by atoms with Crippen LogP contribution < -0.4 is 9.39 Å². The van der Waals surface area contributed by atoms with Gasteiger partial charge in [0, 0.05) is 0 Å². The Hall–Kier alpha value is -1.72. The van der Waals surface area contributed by atoms with Crippen molar-refractivity contribution in [2.75, 3.05) is 7.11 Å². The van der Waals surface area contributed by atoms with Crippen LogP contribution in [0.4, 0.5) is 0 Å². The highest BCUT2D eigenvalue weighted by Crippen LogP contribution is 2.24. The average Bonchev–Trinajstić information content (AvgIpc) is 2.27. The molecule has 0 unspecified atom stereocenters. The molecule has 16 heavy (non-hydrogen) atoms. The van der Waals surface area contributed by atoms with Gasteiger partial charge in [0.1, 0.15) is 11.5 Å². The minimum atomic E-state index is -1.80. The summed E-state index contributed by atoms with van der Waals surface area (Å²) in [7, 11) is -0.206. The molecule has 2 aromatic carbocycles. The summed E-state index contributed by atoms with van der Waals surface area (Å²) in [5.74, 6) is 1.14. The average molecular weight is 218 g/mol. The lowest BCUT2D eigenvalue weighted by molar-refractivity contribution is 0.288. The zero-order valence-corrected chi connectivity index (χ0v) is 8.75. The molecule has 5 heteroatoms. The summed E-state index contributed by atoms with van der Waals surface area (Å²) >= 11 is 0. The fraction of sp³-hybridized carbons (Fsp3) is 0.0909. The van der Waals surface area contributed by atoms with Gasteiger partial charge in [-0.25, -0.2) is 0 Å². The lowest BCUT2D eigenvalue weighted by Crippen LogP contribution is -2.20. The Morgan fingerprint density at radius 3 is 2.19 bits per heavy atom. The van der Waals surface area contributed by atoms with Crippen molar-refractivity contribution in [2.24, 2.45) is 0 Å². The lowest BCUT2D eigenvalue weighted by Gasteiger charge is -2.07. The maximum atomic E-state index is 8.69. The van der Waals surface area contributed by atoms with Crippen molar-refractivity contribution in [3.63, 3.8) is 0 Å². The van der Waals surface area contributed by atoms with Crippen LogP contribution in [0.3, 0.4) is 0 Å². The van der Waals surface area contributed by atoms with E-state index in [9.17, 15) is 0 Å². The van der Waals surface area contributed by atoms with E-state index in [1.807, 2.05) is 24.3 Å². The fourth-order valence-electron chi connectivity index (χ4n) is 1.52. The van der Waals surface area contributed by atoms with E-state index in [0.717, 1.165) is 16.5 Å². The number of methoxy groups -OCH3 is 1. The third kappa shape index (κ3) is 2.26. The number of hydrogen-bond acceptors (Lipinski definition) is 4. The second-order valence-corrected chi connectivity index (χ2v) is 3.32. The smallest absolute Gasteiger partial charge is 0.512 e. The van der Waals surface area contributed by atoms with Crippen LogP contribution in [-0.4, -0.2) is 24.5 Å². The van der Waals surface area contributed by atoms with Crippen LogP contribution in [-0.2, 0) is 0 Å². The minimum Gasteiger partial charge on any atom is -0.512 e. The van der Waals surface area contributed by atoms with Crippen LogP contribution in [0.5, 0.6) is 11.5 Å². The van der Waals surface area contributed by atoms with E-state index in [1.165, 1.54) is 0 Å². The van der Waals surface area contributed by atoms with E-state index < -0.39 is 7.32 Å². The van der Waals surface area contributed by atoms with Crippen LogP contribution in [0.1, 0.15) is 0 Å². The SMILES string of the molecule is COc1ccc2ccc(OB(O)O)cc2c1. The maximum Gasteiger partial charge on any atom is 0.707 e. The molecule has 0 fully saturated rings. The highest BCUT2D eigenvalue weighted by Gasteiger charge is 2.11. The number of hydrogen-bond donors (Lipinski definition) is 2. The van der Waals surface area contributed by atoms with Gasteiger partial charge in [0.25, 0.3) is 0 Å². The van der Waals surface area contributed by atoms with Gasteiger partial charge in [-0.15, -0.1) is 0 Å². The van der Waals surface area contributed by atoms with Gasteiger partial charge in [-0.2, -0.15) is 0 Å². The molecule has 0 heterocycles. The number of fused-ring (bicyclic) bond motifs is 1. The Morgan fingerprint density at radius 1 is 0.938 bits per heavy atom. The molecule has 0 aliphatic rings. The third-order valence-corrected chi connectivity index (χ3v) is 2.26. The molecule has 0 aliphatic heterocycles. The van der Waals surface area contributed by atoms with E-state index in [-0.39, 0.29) is 0 Å². The zero-order valence-electron chi connectivity index (χ0n) is 8.75. The molecule has 2 N–H and O–H groups in total. The van der Waals surface area contributed by atoms with Crippen LogP contribution in [0, 0.1) is 0 Å². The van der Waals surface area contributed by atoms with Gasteiger partial charge < -0.3 is 19.4 Å². The van der Waals surface area contributed by atoms with E-state index in [4.69, 9.17) is 19.4 Å². The van der Waals surface area contributed by atoms with E-state index in [0.29, 0.717) is 5.75 Å². The molecule has 0 saturated carbocycles. The van der Waals surface area contributed by atoms with Crippen molar-refractivity contribution in [3.05, 3.63) is 36.4 Å². The molecule has 2 rings (SSSR count). The van der Waals surface area contributed by atoms with Crippen LogP contribution in [0.2, 0.25) is 0 Å². The van der Waals surface area contributed by atoms with E-state index >= 15 is 0 Å². The Balaban J connectivity index is 2.42. The molecular weight excluding hydrogens is 207 g/mol. The van der Waals surface area contributed by atoms with Gasteiger partial charge in [-0.05, 0) is 35.0 Å². The predicted molar refractivity (Wildman–Crippen MR) is 61.3 cm³/mol. The molecule has 0 amide bonds. The fourth-order valence-corrected chi connectivity index (χ4v) is 1.52. The van der Waals surface area contributed by atoms with Crippen molar-refractivity contribution in [3.8, 4) is 11.5 Å². The molecule has 0 spiro atoms. The van der Waals surface area contributed by atoms with Crippen molar-refractivity contribution < 1.29 is 19.4 Å². The van der Waals surface area contributed by atoms with Crippen molar-refractivity contribution in [2.45, 2.75) is 0 Å². The number of benzene rings is 2. The molecule has 82 valence electrons. The van der Waals surface area contributed by atoms with Gasteiger partial charge in [0.2, 0.25) is 0 Å². The second-order valence-electron chi connectivity index (χ2n) is 3.32. The lowest BCUT2D eigenvalue weighted by atomic mass is 10.1. The Bertz CT molecular complexity index is 498. The standard InChI is InChI=1S/C11H11BO4/c1-15-10-4-2-8-3-5-11(16-12(13)14)7-9(8)6-10/h2-7,13-14H,1H3. The Kier molecular flexibility index (Phi) is 2.98. The second kappa shape index (κ2) is 4.43. The summed E-state index contributed by atoms with van der Waals surface area (Å²) < 4.78 is 9.87. The van der Waals surface area contributed by atoms with Gasteiger partial charge in [0.05, 0.1) is 7.11 Å². The quantitative estimate of drug-likeness (QED) is 0.759. The Morgan fingerprint density at radius 2 is 1.56 bits per heavy atom. The van der Waals surface area contributed by atoms with Gasteiger partial charge in [-0.3, -0.25) is 0 Å². The van der Waals surface area contributed by atoms with Gasteiger partial charge >= 0.3 is 7.32 Å². The minimum absolute atomic E-state index is 0.399. The topological polar surface area (TPSA) is 58.9 Å². The molecule has 0 radical (unpaired) electrons. The first kappa shape index (κ1) is 10.8. The molecule has 0 aliphatic carbocycles. The van der Waals surface area contributed by atoms with E-state index in [1.54, 1.807) is 19.2 Å². The van der Waals surface area contributed by atoms with Gasteiger partial charge in [-0.1, -0.05) is 12.1 Å². The molecule has 2 aromatic rings. The first-order valence-corrected chi connectivity index (χ1v) is 4.79. The highest BCUT2D eigenvalue weighted by molar-refractivity contribution is 6.33. The summed E-state index contributed by atoms with van der Waals surface area (Å²) in [4.78, 5) is 0.